The van der Waals surface area contributed by atoms with Crippen LogP contribution in [0.15, 0.2) is 48.5 Å². The number of hydrogen-bond acceptors (Lipinski definition) is 3. The fourth-order valence-electron chi connectivity index (χ4n) is 1.99. The summed E-state index contributed by atoms with van der Waals surface area (Å²) in [6.45, 7) is 2.65. The number of hydrogen-bond donors (Lipinski definition) is 2. The van der Waals surface area contributed by atoms with Gasteiger partial charge in [0.2, 0.25) is 0 Å². The van der Waals surface area contributed by atoms with Gasteiger partial charge in [-0.3, -0.25) is 5.84 Å². The van der Waals surface area contributed by atoms with Crippen LogP contribution in [-0.4, -0.2) is 6.61 Å². The van der Waals surface area contributed by atoms with E-state index in [1.165, 1.54) is 3.57 Å². The lowest BCUT2D eigenvalue weighted by Gasteiger charge is -2.17. The van der Waals surface area contributed by atoms with Crippen molar-refractivity contribution in [1.29, 1.82) is 0 Å². The molecule has 0 aromatic heterocycles. The summed E-state index contributed by atoms with van der Waals surface area (Å²) in [5, 5.41) is 0. The first kappa shape index (κ1) is 14.3. The maximum atomic E-state index is 5.70. The molecule has 0 aliphatic heterocycles. The maximum absolute atomic E-state index is 5.70. The number of ether oxygens (including phenoxy) is 1. The van der Waals surface area contributed by atoms with Crippen molar-refractivity contribution in [3.8, 4) is 5.75 Å². The minimum absolute atomic E-state index is 0.00890. The van der Waals surface area contributed by atoms with Gasteiger partial charge in [0.05, 0.1) is 12.6 Å². The second-order valence-corrected chi connectivity index (χ2v) is 5.40. The summed E-state index contributed by atoms with van der Waals surface area (Å²) < 4.78 is 6.64. The van der Waals surface area contributed by atoms with Crippen molar-refractivity contribution in [3.63, 3.8) is 0 Å². The summed E-state index contributed by atoms with van der Waals surface area (Å²) in [5.41, 5.74) is 5.14. The summed E-state index contributed by atoms with van der Waals surface area (Å²) in [6.07, 6.45) is 0. The Bertz CT molecular complexity index is 528. The van der Waals surface area contributed by atoms with E-state index < -0.39 is 0 Å². The zero-order chi connectivity index (χ0) is 13.7. The summed E-state index contributed by atoms with van der Waals surface area (Å²) >= 11 is 2.30. The van der Waals surface area contributed by atoms with E-state index in [-0.39, 0.29) is 6.04 Å². The van der Waals surface area contributed by atoms with Crippen molar-refractivity contribution in [1.82, 2.24) is 5.43 Å². The van der Waals surface area contributed by atoms with E-state index in [2.05, 4.69) is 46.2 Å². The molecule has 0 aliphatic carbocycles. The molecule has 2 rings (SSSR count). The molecular weight excluding hydrogens is 351 g/mol. The topological polar surface area (TPSA) is 47.3 Å². The van der Waals surface area contributed by atoms with Crippen molar-refractivity contribution >= 4 is 22.6 Å². The Balaban J connectivity index is 2.26. The molecule has 0 spiro atoms. The van der Waals surface area contributed by atoms with Gasteiger partial charge in [-0.1, -0.05) is 24.3 Å². The Hall–Kier alpha value is -1.11. The molecular formula is C15H17IN2O. The first-order chi connectivity index (χ1) is 9.24. The second-order valence-electron chi connectivity index (χ2n) is 4.16. The standard InChI is InChI=1S/C15H17IN2O/c1-2-19-14-8-6-11(7-9-14)15(18-17)12-4-3-5-13(16)10-12/h3-10,15,18H,2,17H2,1H3. The molecule has 0 radical (unpaired) electrons. The predicted octanol–water partition coefficient (Wildman–Crippen LogP) is 3.24. The predicted molar refractivity (Wildman–Crippen MR) is 85.9 cm³/mol. The molecule has 0 fully saturated rings. The van der Waals surface area contributed by atoms with Crippen molar-refractivity contribution in [2.75, 3.05) is 6.61 Å². The van der Waals surface area contributed by atoms with Crippen LogP contribution in [0.25, 0.3) is 0 Å². The Morgan fingerprint density at radius 1 is 1.16 bits per heavy atom. The van der Waals surface area contributed by atoms with E-state index in [1.54, 1.807) is 0 Å². The average Bonchev–Trinajstić information content (AvgIpc) is 2.42. The Labute approximate surface area is 127 Å². The zero-order valence-corrected chi connectivity index (χ0v) is 12.9. The average molecular weight is 368 g/mol. The summed E-state index contributed by atoms with van der Waals surface area (Å²) in [6, 6.07) is 16.3. The smallest absolute Gasteiger partial charge is 0.119 e. The maximum Gasteiger partial charge on any atom is 0.119 e. The lowest BCUT2D eigenvalue weighted by Crippen LogP contribution is -2.28. The third kappa shape index (κ3) is 3.68. The van der Waals surface area contributed by atoms with E-state index in [0.717, 1.165) is 16.9 Å². The van der Waals surface area contributed by atoms with Crippen LogP contribution in [0, 0.1) is 3.57 Å². The first-order valence-electron chi connectivity index (χ1n) is 6.19. The highest BCUT2D eigenvalue weighted by molar-refractivity contribution is 14.1. The molecule has 3 N–H and O–H groups in total. The number of benzene rings is 2. The molecule has 2 aromatic rings. The number of halogens is 1. The Morgan fingerprint density at radius 2 is 1.89 bits per heavy atom. The van der Waals surface area contributed by atoms with Crippen LogP contribution < -0.4 is 16.0 Å². The van der Waals surface area contributed by atoms with Crippen LogP contribution in [0.4, 0.5) is 0 Å². The van der Waals surface area contributed by atoms with Crippen LogP contribution in [0.1, 0.15) is 24.1 Å². The monoisotopic (exact) mass is 368 g/mol. The quantitative estimate of drug-likeness (QED) is 0.484. The van der Waals surface area contributed by atoms with Crippen LogP contribution in [0.5, 0.6) is 5.75 Å². The molecule has 1 atom stereocenters. The van der Waals surface area contributed by atoms with Crippen molar-refractivity contribution in [2.24, 2.45) is 5.84 Å². The van der Waals surface area contributed by atoms with Gasteiger partial charge in [0.1, 0.15) is 5.75 Å². The molecule has 1 unspecified atom stereocenters. The molecule has 0 saturated heterocycles. The van der Waals surface area contributed by atoms with Crippen LogP contribution in [-0.2, 0) is 0 Å². The third-order valence-electron chi connectivity index (χ3n) is 2.87. The first-order valence-corrected chi connectivity index (χ1v) is 7.27. The van der Waals surface area contributed by atoms with E-state index >= 15 is 0 Å². The third-order valence-corrected chi connectivity index (χ3v) is 3.54. The van der Waals surface area contributed by atoms with Crippen molar-refractivity contribution in [3.05, 3.63) is 63.2 Å². The molecule has 4 heteroatoms. The van der Waals surface area contributed by atoms with Gasteiger partial charge in [-0.25, -0.2) is 5.43 Å². The SMILES string of the molecule is CCOc1ccc(C(NN)c2cccc(I)c2)cc1. The minimum Gasteiger partial charge on any atom is -0.494 e. The number of nitrogens with two attached hydrogens (primary N) is 1. The van der Waals surface area contributed by atoms with Gasteiger partial charge in [0.25, 0.3) is 0 Å². The Kier molecular flexibility index (Phi) is 5.18. The molecule has 0 aliphatic rings. The molecule has 3 nitrogen and oxygen atoms in total. The lowest BCUT2D eigenvalue weighted by atomic mass is 9.99. The fourth-order valence-corrected chi connectivity index (χ4v) is 2.56. The molecule has 0 bridgehead atoms. The Morgan fingerprint density at radius 3 is 2.47 bits per heavy atom. The molecule has 0 amide bonds. The van der Waals surface area contributed by atoms with Crippen LogP contribution >= 0.6 is 22.6 Å². The van der Waals surface area contributed by atoms with E-state index in [9.17, 15) is 0 Å². The number of hydrazine groups is 1. The van der Waals surface area contributed by atoms with Gasteiger partial charge in [-0.15, -0.1) is 0 Å². The second kappa shape index (κ2) is 6.88. The van der Waals surface area contributed by atoms with Crippen LogP contribution in [0.2, 0.25) is 0 Å². The van der Waals surface area contributed by atoms with Crippen molar-refractivity contribution in [2.45, 2.75) is 13.0 Å². The van der Waals surface area contributed by atoms with Gasteiger partial charge in [-0.2, -0.15) is 0 Å². The van der Waals surface area contributed by atoms with Gasteiger partial charge in [-0.05, 0) is 64.9 Å². The van der Waals surface area contributed by atoms with E-state index in [4.69, 9.17) is 10.6 Å². The summed E-state index contributed by atoms with van der Waals surface area (Å²) in [7, 11) is 0. The highest BCUT2D eigenvalue weighted by Gasteiger charge is 2.12. The molecule has 0 saturated carbocycles. The van der Waals surface area contributed by atoms with Crippen molar-refractivity contribution < 1.29 is 4.74 Å². The van der Waals surface area contributed by atoms with Crippen LogP contribution in [0.3, 0.4) is 0 Å². The largest absolute Gasteiger partial charge is 0.494 e. The van der Waals surface area contributed by atoms with Gasteiger partial charge in [0, 0.05) is 3.57 Å². The summed E-state index contributed by atoms with van der Waals surface area (Å²) in [4.78, 5) is 0. The molecule has 2 aromatic carbocycles. The minimum atomic E-state index is -0.00890. The van der Waals surface area contributed by atoms with E-state index in [1.807, 2.05) is 37.3 Å². The van der Waals surface area contributed by atoms with Gasteiger partial charge < -0.3 is 4.74 Å². The molecule has 0 heterocycles. The number of nitrogens with one attached hydrogen (secondary N) is 1. The molecule has 100 valence electrons. The summed E-state index contributed by atoms with van der Waals surface area (Å²) in [5.74, 6) is 6.58. The highest BCUT2D eigenvalue weighted by atomic mass is 127. The zero-order valence-electron chi connectivity index (χ0n) is 10.8. The van der Waals surface area contributed by atoms with Gasteiger partial charge in [0.15, 0.2) is 0 Å². The normalized spacial score (nSPS) is 12.2. The van der Waals surface area contributed by atoms with E-state index in [0.29, 0.717) is 6.61 Å². The highest BCUT2D eigenvalue weighted by Crippen LogP contribution is 2.24. The number of rotatable bonds is 5. The van der Waals surface area contributed by atoms with Gasteiger partial charge >= 0.3 is 0 Å². The fraction of sp³-hybridized carbons (Fsp3) is 0.200. The molecule has 19 heavy (non-hydrogen) atoms. The lowest BCUT2D eigenvalue weighted by molar-refractivity contribution is 0.340.